The van der Waals surface area contributed by atoms with E-state index in [0.29, 0.717) is 0 Å². The molecule has 0 rings (SSSR count). The molecule has 0 heterocycles. The van der Waals surface area contributed by atoms with E-state index in [1.807, 2.05) is 5.32 Å². The molecule has 0 aromatic carbocycles. The molecule has 6 heteroatoms. The molecular formula is C7H15N3O3. The minimum atomic E-state index is -0.771. The standard InChI is InChI=1S/C7H15N3O3/c1-7(2,3)13-6(12)10-5(11)4-9-8/h9H,4,8H2,1-3H3,(H,10,11,12). The number of alkyl carbamates (subject to hydrolysis) is 1. The van der Waals surface area contributed by atoms with Gasteiger partial charge in [0.1, 0.15) is 5.60 Å². The van der Waals surface area contributed by atoms with E-state index in [9.17, 15) is 9.59 Å². The molecule has 0 aromatic rings. The van der Waals surface area contributed by atoms with Gasteiger partial charge in [-0.05, 0) is 20.8 Å². The van der Waals surface area contributed by atoms with E-state index in [-0.39, 0.29) is 6.54 Å². The SMILES string of the molecule is CC(C)(C)OC(=O)NC(=O)CNN. The molecule has 0 spiro atoms. The molecular weight excluding hydrogens is 174 g/mol. The number of nitrogens with two attached hydrogens (primary N) is 1. The van der Waals surface area contributed by atoms with Gasteiger partial charge in [-0.3, -0.25) is 21.4 Å². The Balaban J connectivity index is 3.82. The number of carbonyl (C=O) groups excluding carboxylic acids is 2. The van der Waals surface area contributed by atoms with Crippen molar-refractivity contribution in [2.75, 3.05) is 6.54 Å². The molecule has 6 nitrogen and oxygen atoms in total. The number of imide groups is 1. The summed E-state index contributed by atoms with van der Waals surface area (Å²) in [5, 5.41) is 1.99. The lowest BCUT2D eigenvalue weighted by Gasteiger charge is -2.19. The third-order valence-corrected chi connectivity index (χ3v) is 0.903. The summed E-state index contributed by atoms with van der Waals surface area (Å²) >= 11 is 0. The van der Waals surface area contributed by atoms with Crippen molar-refractivity contribution in [1.29, 1.82) is 0 Å². The minimum absolute atomic E-state index is 0.126. The fraction of sp³-hybridized carbons (Fsp3) is 0.714. The van der Waals surface area contributed by atoms with Crippen LogP contribution in [-0.4, -0.2) is 24.1 Å². The third kappa shape index (κ3) is 7.23. The van der Waals surface area contributed by atoms with Crippen molar-refractivity contribution >= 4 is 12.0 Å². The van der Waals surface area contributed by atoms with Crippen LogP contribution >= 0.6 is 0 Å². The van der Waals surface area contributed by atoms with Gasteiger partial charge in [0.2, 0.25) is 5.91 Å². The fourth-order valence-electron chi connectivity index (χ4n) is 0.554. The van der Waals surface area contributed by atoms with E-state index in [1.54, 1.807) is 20.8 Å². The molecule has 0 radical (unpaired) electrons. The molecule has 76 valence electrons. The molecule has 0 aliphatic rings. The van der Waals surface area contributed by atoms with Crippen LogP contribution in [0.3, 0.4) is 0 Å². The van der Waals surface area contributed by atoms with Crippen LogP contribution in [0.1, 0.15) is 20.8 Å². The highest BCUT2D eigenvalue weighted by Gasteiger charge is 2.17. The monoisotopic (exact) mass is 189 g/mol. The Morgan fingerprint density at radius 3 is 2.31 bits per heavy atom. The highest BCUT2D eigenvalue weighted by molar-refractivity contribution is 5.92. The number of amides is 2. The maximum atomic E-state index is 10.9. The molecule has 0 unspecified atom stereocenters. The fourth-order valence-corrected chi connectivity index (χ4v) is 0.554. The zero-order valence-corrected chi connectivity index (χ0v) is 8.01. The average Bonchev–Trinajstić information content (AvgIpc) is 1.81. The maximum Gasteiger partial charge on any atom is 0.414 e. The predicted octanol–water partition coefficient (Wildman–Crippen LogP) is -0.499. The van der Waals surface area contributed by atoms with Crippen molar-refractivity contribution in [2.24, 2.45) is 5.84 Å². The first-order chi connectivity index (χ1) is 5.85. The molecule has 0 aromatic heterocycles. The maximum absolute atomic E-state index is 10.9. The number of hydrazine groups is 1. The Bertz CT molecular complexity index is 198. The van der Waals surface area contributed by atoms with Crippen molar-refractivity contribution in [3.8, 4) is 0 Å². The molecule has 0 aliphatic carbocycles. The van der Waals surface area contributed by atoms with Gasteiger partial charge < -0.3 is 4.74 Å². The van der Waals surface area contributed by atoms with Crippen molar-refractivity contribution < 1.29 is 14.3 Å². The zero-order valence-electron chi connectivity index (χ0n) is 8.01. The quantitative estimate of drug-likeness (QED) is 0.402. The highest BCUT2D eigenvalue weighted by atomic mass is 16.6. The third-order valence-electron chi connectivity index (χ3n) is 0.903. The van der Waals surface area contributed by atoms with Crippen LogP contribution in [0, 0.1) is 0 Å². The summed E-state index contributed by atoms with van der Waals surface area (Å²) in [4.78, 5) is 21.7. The lowest BCUT2D eigenvalue weighted by atomic mass is 10.2. The van der Waals surface area contributed by atoms with Crippen LogP contribution in [0.15, 0.2) is 0 Å². The second-order valence-electron chi connectivity index (χ2n) is 3.43. The van der Waals surface area contributed by atoms with Crippen molar-refractivity contribution in [3.63, 3.8) is 0 Å². The topological polar surface area (TPSA) is 93.4 Å². The van der Waals surface area contributed by atoms with Crippen LogP contribution in [-0.2, 0) is 9.53 Å². The van der Waals surface area contributed by atoms with Crippen molar-refractivity contribution in [2.45, 2.75) is 26.4 Å². The van der Waals surface area contributed by atoms with E-state index in [4.69, 9.17) is 10.6 Å². The molecule has 13 heavy (non-hydrogen) atoms. The summed E-state index contributed by atoms with van der Waals surface area (Å²) in [6.07, 6.45) is -0.771. The van der Waals surface area contributed by atoms with Gasteiger partial charge >= 0.3 is 6.09 Å². The average molecular weight is 189 g/mol. The van der Waals surface area contributed by atoms with Gasteiger partial charge in [0, 0.05) is 0 Å². The van der Waals surface area contributed by atoms with Gasteiger partial charge in [0.25, 0.3) is 0 Å². The van der Waals surface area contributed by atoms with Crippen LogP contribution < -0.4 is 16.6 Å². The first-order valence-corrected chi connectivity index (χ1v) is 3.81. The Labute approximate surface area is 76.8 Å². The van der Waals surface area contributed by atoms with Crippen LogP contribution in [0.5, 0.6) is 0 Å². The van der Waals surface area contributed by atoms with Gasteiger partial charge in [0.05, 0.1) is 6.54 Å². The smallest absolute Gasteiger partial charge is 0.414 e. The minimum Gasteiger partial charge on any atom is -0.444 e. The summed E-state index contributed by atoms with van der Waals surface area (Å²) in [5.41, 5.74) is 1.51. The molecule has 4 N–H and O–H groups in total. The molecule has 0 aliphatic heterocycles. The number of hydrogen-bond donors (Lipinski definition) is 3. The lowest BCUT2D eigenvalue weighted by molar-refractivity contribution is -0.119. The Hall–Kier alpha value is -1.14. The van der Waals surface area contributed by atoms with Gasteiger partial charge in [-0.1, -0.05) is 0 Å². The van der Waals surface area contributed by atoms with Crippen LogP contribution in [0.25, 0.3) is 0 Å². The van der Waals surface area contributed by atoms with Gasteiger partial charge in [-0.25, -0.2) is 4.79 Å². The van der Waals surface area contributed by atoms with E-state index in [2.05, 4.69) is 5.43 Å². The highest BCUT2D eigenvalue weighted by Crippen LogP contribution is 2.05. The van der Waals surface area contributed by atoms with E-state index in [1.165, 1.54) is 0 Å². The summed E-state index contributed by atoms with van der Waals surface area (Å²) in [5.74, 6) is 4.34. The van der Waals surface area contributed by atoms with Crippen LogP contribution in [0.2, 0.25) is 0 Å². The summed E-state index contributed by atoms with van der Waals surface area (Å²) in [7, 11) is 0. The Morgan fingerprint density at radius 1 is 1.38 bits per heavy atom. The first kappa shape index (κ1) is 11.9. The molecule has 0 fully saturated rings. The normalized spacial score (nSPS) is 10.8. The second-order valence-corrected chi connectivity index (χ2v) is 3.43. The van der Waals surface area contributed by atoms with Gasteiger partial charge in [-0.2, -0.15) is 0 Å². The number of hydrogen-bond acceptors (Lipinski definition) is 5. The number of nitrogens with one attached hydrogen (secondary N) is 2. The molecule has 2 amide bonds. The Kier molecular flexibility index (Phi) is 4.36. The second kappa shape index (κ2) is 4.78. The summed E-state index contributed by atoms with van der Waals surface area (Å²) in [6, 6.07) is 0. The zero-order chi connectivity index (χ0) is 10.5. The van der Waals surface area contributed by atoms with Gasteiger partial charge in [0.15, 0.2) is 0 Å². The molecule has 0 bridgehead atoms. The molecule has 0 saturated heterocycles. The van der Waals surface area contributed by atoms with E-state index >= 15 is 0 Å². The summed E-state index contributed by atoms with van der Waals surface area (Å²) in [6.45, 7) is 4.99. The number of ether oxygens (including phenoxy) is 1. The largest absolute Gasteiger partial charge is 0.444 e. The molecule has 0 saturated carbocycles. The summed E-state index contributed by atoms with van der Waals surface area (Å²) < 4.78 is 4.82. The van der Waals surface area contributed by atoms with E-state index in [0.717, 1.165) is 0 Å². The number of carbonyl (C=O) groups is 2. The van der Waals surface area contributed by atoms with Gasteiger partial charge in [-0.15, -0.1) is 0 Å². The van der Waals surface area contributed by atoms with Crippen LogP contribution in [0.4, 0.5) is 4.79 Å². The van der Waals surface area contributed by atoms with E-state index < -0.39 is 17.6 Å². The first-order valence-electron chi connectivity index (χ1n) is 3.81. The predicted molar refractivity (Wildman–Crippen MR) is 46.6 cm³/mol. The Morgan fingerprint density at radius 2 is 1.92 bits per heavy atom. The van der Waals surface area contributed by atoms with Crippen molar-refractivity contribution in [3.05, 3.63) is 0 Å². The number of rotatable bonds is 2. The molecule has 0 atom stereocenters. The lowest BCUT2D eigenvalue weighted by Crippen LogP contribution is -2.42. The van der Waals surface area contributed by atoms with Crippen molar-refractivity contribution in [1.82, 2.24) is 10.7 Å².